The summed E-state index contributed by atoms with van der Waals surface area (Å²) in [4.78, 5) is 30.6. The number of pyridine rings is 2. The molecule has 0 aliphatic heterocycles. The maximum atomic E-state index is 13.2. The largest absolute Gasteiger partial charge is 0.385 e. The first-order chi connectivity index (χ1) is 13.9. The molecule has 0 aliphatic carbocycles. The third kappa shape index (κ3) is 3.93. The van der Waals surface area contributed by atoms with E-state index in [4.69, 9.17) is 10.1 Å². The number of hydrogen-bond donors (Lipinski definition) is 2. The maximum absolute atomic E-state index is 13.2. The number of rotatable bonds is 7. The highest BCUT2D eigenvalue weighted by molar-refractivity contribution is 5.96. The van der Waals surface area contributed by atoms with Crippen LogP contribution < -0.4 is 16.4 Å². The summed E-state index contributed by atoms with van der Waals surface area (Å²) >= 11 is 0. The number of fused-ring (bicyclic) bond motifs is 2. The molecule has 0 bridgehead atoms. The Labute approximate surface area is 168 Å². The molecule has 3 heterocycles. The molecule has 0 radical (unpaired) electrons. The van der Waals surface area contributed by atoms with E-state index in [0.29, 0.717) is 36.3 Å². The van der Waals surface area contributed by atoms with Crippen molar-refractivity contribution < 1.29 is 9.53 Å². The second-order valence-corrected chi connectivity index (χ2v) is 7.23. The molecule has 0 aliphatic rings. The van der Waals surface area contributed by atoms with Gasteiger partial charge in [-0.25, -0.2) is 4.98 Å². The van der Waals surface area contributed by atoms with Gasteiger partial charge in [0, 0.05) is 32.5 Å². The van der Waals surface area contributed by atoms with E-state index in [1.54, 1.807) is 23.9 Å². The van der Waals surface area contributed by atoms with Crippen molar-refractivity contribution in [3.8, 4) is 0 Å². The Morgan fingerprint density at radius 3 is 2.83 bits per heavy atom. The number of aromatic nitrogens is 3. The Balaban J connectivity index is 2.25. The predicted molar refractivity (Wildman–Crippen MR) is 111 cm³/mol. The average molecular weight is 397 g/mol. The number of amides is 1. The highest BCUT2D eigenvalue weighted by Gasteiger charge is 2.19. The molecule has 8 nitrogen and oxygen atoms in total. The molecule has 3 aromatic heterocycles. The minimum atomic E-state index is -0.376. The van der Waals surface area contributed by atoms with Crippen LogP contribution in [0.5, 0.6) is 0 Å². The van der Waals surface area contributed by atoms with E-state index >= 15 is 0 Å². The molecule has 0 saturated heterocycles. The van der Waals surface area contributed by atoms with Gasteiger partial charge in [-0.2, -0.15) is 0 Å². The van der Waals surface area contributed by atoms with Gasteiger partial charge < -0.3 is 14.6 Å². The molecule has 0 spiro atoms. The van der Waals surface area contributed by atoms with Gasteiger partial charge in [0.05, 0.1) is 10.9 Å². The Kier molecular flexibility index (Phi) is 6.12. The number of nitrogens with one attached hydrogen (secondary N) is 2. The van der Waals surface area contributed by atoms with Gasteiger partial charge in [0.25, 0.3) is 11.5 Å². The highest BCUT2D eigenvalue weighted by Crippen LogP contribution is 2.17. The third-order valence-corrected chi connectivity index (χ3v) is 5.09. The fraction of sp³-hybridized carbons (Fsp3) is 0.429. The van der Waals surface area contributed by atoms with Crippen LogP contribution in [0, 0.1) is 12.3 Å². The molecule has 29 heavy (non-hydrogen) atoms. The van der Waals surface area contributed by atoms with Crippen LogP contribution in [0.4, 0.5) is 0 Å². The van der Waals surface area contributed by atoms with Crippen molar-refractivity contribution in [3.05, 3.63) is 51.4 Å². The van der Waals surface area contributed by atoms with Crippen molar-refractivity contribution >= 4 is 22.6 Å². The van der Waals surface area contributed by atoms with Crippen LogP contribution >= 0.6 is 0 Å². The highest BCUT2D eigenvalue weighted by atomic mass is 16.5. The first-order valence-corrected chi connectivity index (χ1v) is 9.79. The van der Waals surface area contributed by atoms with Crippen molar-refractivity contribution in [3.63, 3.8) is 0 Å². The molecule has 1 atom stereocenters. The SMILES string of the molecule is CC[C@@H](C)n1c(=N)c(C(=O)NCCCOC)cc2c(=O)n3cc(C)ccc3nc21. The van der Waals surface area contributed by atoms with E-state index in [0.717, 1.165) is 12.0 Å². The van der Waals surface area contributed by atoms with Gasteiger partial charge in [-0.1, -0.05) is 13.0 Å². The number of carbonyl (C=O) groups excluding carboxylic acids is 1. The zero-order valence-corrected chi connectivity index (χ0v) is 17.3. The van der Waals surface area contributed by atoms with Crippen molar-refractivity contribution in [2.24, 2.45) is 0 Å². The van der Waals surface area contributed by atoms with Crippen molar-refractivity contribution in [1.82, 2.24) is 19.3 Å². The molecule has 0 fully saturated rings. The first-order valence-electron chi connectivity index (χ1n) is 9.79. The Morgan fingerprint density at radius 2 is 2.14 bits per heavy atom. The van der Waals surface area contributed by atoms with Gasteiger partial charge in [0.1, 0.15) is 16.8 Å². The number of methoxy groups -OCH3 is 1. The predicted octanol–water partition coefficient (Wildman–Crippen LogP) is 2.17. The Bertz CT molecular complexity index is 1180. The molecule has 154 valence electrons. The monoisotopic (exact) mass is 397 g/mol. The minimum Gasteiger partial charge on any atom is -0.385 e. The van der Waals surface area contributed by atoms with E-state index < -0.39 is 0 Å². The summed E-state index contributed by atoms with van der Waals surface area (Å²) in [6.07, 6.45) is 3.14. The van der Waals surface area contributed by atoms with Gasteiger partial charge in [0.15, 0.2) is 0 Å². The fourth-order valence-corrected chi connectivity index (χ4v) is 3.30. The van der Waals surface area contributed by atoms with Crippen LogP contribution in [0.2, 0.25) is 0 Å². The van der Waals surface area contributed by atoms with Crippen molar-refractivity contribution in [2.75, 3.05) is 20.3 Å². The van der Waals surface area contributed by atoms with Crippen LogP contribution in [0.15, 0.2) is 29.2 Å². The van der Waals surface area contributed by atoms with Crippen LogP contribution in [0.3, 0.4) is 0 Å². The lowest BCUT2D eigenvalue weighted by Gasteiger charge is -2.19. The van der Waals surface area contributed by atoms with E-state index in [-0.39, 0.29) is 28.6 Å². The van der Waals surface area contributed by atoms with E-state index in [2.05, 4.69) is 10.3 Å². The molecular formula is C21H27N5O3. The Hall–Kier alpha value is -3.00. The zero-order valence-electron chi connectivity index (χ0n) is 17.3. The molecule has 0 aromatic carbocycles. The number of carbonyl (C=O) groups is 1. The topological polar surface area (TPSA) is 101 Å². The van der Waals surface area contributed by atoms with Crippen molar-refractivity contribution in [1.29, 1.82) is 5.41 Å². The molecule has 1 amide bonds. The summed E-state index contributed by atoms with van der Waals surface area (Å²) in [5, 5.41) is 11.8. The summed E-state index contributed by atoms with van der Waals surface area (Å²) in [5.41, 5.74) is 1.85. The summed E-state index contributed by atoms with van der Waals surface area (Å²) in [6.45, 7) is 6.83. The third-order valence-electron chi connectivity index (χ3n) is 5.09. The van der Waals surface area contributed by atoms with E-state index in [9.17, 15) is 9.59 Å². The van der Waals surface area contributed by atoms with Gasteiger partial charge in [-0.15, -0.1) is 0 Å². The smallest absolute Gasteiger partial charge is 0.267 e. The van der Waals surface area contributed by atoms with Crippen LogP contribution in [-0.4, -0.2) is 40.1 Å². The number of ether oxygens (including phenoxy) is 1. The molecule has 2 N–H and O–H groups in total. The average Bonchev–Trinajstić information content (AvgIpc) is 2.71. The lowest BCUT2D eigenvalue weighted by atomic mass is 10.1. The van der Waals surface area contributed by atoms with Crippen LogP contribution in [0.1, 0.15) is 48.7 Å². The number of hydrogen-bond acceptors (Lipinski definition) is 5. The second-order valence-electron chi connectivity index (χ2n) is 7.23. The fourth-order valence-electron chi connectivity index (χ4n) is 3.30. The van der Waals surface area contributed by atoms with Gasteiger partial charge >= 0.3 is 0 Å². The summed E-state index contributed by atoms with van der Waals surface area (Å²) in [6, 6.07) is 5.08. The molecule has 3 rings (SSSR count). The molecule has 0 saturated carbocycles. The van der Waals surface area contributed by atoms with Gasteiger partial charge in [-0.3, -0.25) is 19.4 Å². The van der Waals surface area contributed by atoms with Crippen LogP contribution in [0.25, 0.3) is 16.7 Å². The quantitative estimate of drug-likeness (QED) is 0.471. The zero-order chi connectivity index (χ0) is 21.1. The second kappa shape index (κ2) is 8.57. The van der Waals surface area contributed by atoms with Gasteiger partial charge in [-0.05, 0) is 44.4 Å². The van der Waals surface area contributed by atoms with E-state index in [1.807, 2.05) is 26.8 Å². The molecular weight excluding hydrogens is 370 g/mol. The molecule has 0 unspecified atom stereocenters. The summed E-state index contributed by atoms with van der Waals surface area (Å²) in [5.74, 6) is -0.376. The minimum absolute atomic E-state index is 0.0550. The van der Waals surface area contributed by atoms with E-state index in [1.165, 1.54) is 10.5 Å². The molecule has 8 heteroatoms. The maximum Gasteiger partial charge on any atom is 0.267 e. The standard InChI is InChI=1S/C21H27N5O3/c1-5-14(3)26-18(22)15(20(27)23-9-6-10-29-4)11-16-19(26)24-17-8-7-13(2)12-25(17)21(16)28/h7-8,11-12,14,22H,5-6,9-10H2,1-4H3,(H,23,27)/t14-/m1/s1. The lowest BCUT2D eigenvalue weighted by molar-refractivity contribution is 0.0946. The molecule has 3 aromatic rings. The Morgan fingerprint density at radius 1 is 1.38 bits per heavy atom. The normalized spacial score (nSPS) is 12.4. The van der Waals surface area contributed by atoms with Crippen LogP contribution in [-0.2, 0) is 4.74 Å². The summed E-state index contributed by atoms with van der Waals surface area (Å²) < 4.78 is 8.17. The lowest BCUT2D eigenvalue weighted by Crippen LogP contribution is -2.36. The van der Waals surface area contributed by atoms with Gasteiger partial charge in [0.2, 0.25) is 0 Å². The number of aryl methyl sites for hydroxylation is 1. The summed E-state index contributed by atoms with van der Waals surface area (Å²) in [7, 11) is 1.61. The first kappa shape index (κ1) is 20.7. The van der Waals surface area contributed by atoms with Crippen molar-refractivity contribution in [2.45, 2.75) is 39.7 Å². The number of nitrogens with zero attached hydrogens (tertiary/aromatic N) is 3.